The summed E-state index contributed by atoms with van der Waals surface area (Å²) in [5.41, 5.74) is 11.0. The number of hydrogen-bond donors (Lipinski definition) is 1. The molecule has 0 saturated heterocycles. The molecule has 4 heteroatoms. The van der Waals surface area contributed by atoms with Crippen LogP contribution >= 0.6 is 0 Å². The molecule has 4 rings (SSSR count). The largest absolute Gasteiger partial charge is 0.457 e. The van der Waals surface area contributed by atoms with Crippen molar-refractivity contribution < 1.29 is 9.53 Å². The Balaban J connectivity index is 1.48. The maximum atomic E-state index is 12.3. The minimum Gasteiger partial charge on any atom is -0.457 e. The summed E-state index contributed by atoms with van der Waals surface area (Å²) in [7, 11) is 0. The lowest BCUT2D eigenvalue weighted by Crippen LogP contribution is -2.06. The number of ether oxygens (including phenoxy) is 1. The fourth-order valence-corrected chi connectivity index (χ4v) is 3.54. The number of aromatic nitrogens is 1. The third-order valence-electron chi connectivity index (χ3n) is 5.18. The molecule has 0 aliphatic heterocycles. The van der Waals surface area contributed by atoms with Gasteiger partial charge in [0.2, 0.25) is 0 Å². The van der Waals surface area contributed by atoms with Crippen LogP contribution in [0, 0.1) is 6.92 Å². The average molecular weight is 396 g/mol. The smallest absolute Gasteiger partial charge is 0.141 e. The minimum absolute atomic E-state index is 0.194. The zero-order valence-corrected chi connectivity index (χ0v) is 17.0. The van der Waals surface area contributed by atoms with Crippen molar-refractivity contribution in [3.05, 3.63) is 101 Å². The van der Waals surface area contributed by atoms with Crippen LogP contribution in [0.5, 0.6) is 11.5 Å². The van der Waals surface area contributed by atoms with Gasteiger partial charge in [-0.05, 0) is 59.5 Å². The van der Waals surface area contributed by atoms with Gasteiger partial charge < -0.3 is 10.5 Å². The quantitative estimate of drug-likeness (QED) is 0.469. The van der Waals surface area contributed by atoms with Crippen molar-refractivity contribution in [3.63, 3.8) is 0 Å². The lowest BCUT2D eigenvalue weighted by molar-refractivity contribution is -0.117. The number of rotatable bonds is 7. The normalized spacial score (nSPS) is 10.9. The van der Waals surface area contributed by atoms with Crippen LogP contribution < -0.4 is 10.5 Å². The molecule has 0 aliphatic rings. The molecule has 0 atom stereocenters. The first-order valence-electron chi connectivity index (χ1n) is 10.0. The lowest BCUT2D eigenvalue weighted by atomic mass is 10.0. The molecule has 0 aliphatic carbocycles. The molecule has 150 valence electrons. The van der Waals surface area contributed by atoms with Gasteiger partial charge in [-0.25, -0.2) is 0 Å². The van der Waals surface area contributed by atoms with Gasteiger partial charge in [0, 0.05) is 31.0 Å². The van der Waals surface area contributed by atoms with Crippen molar-refractivity contribution in [2.24, 2.45) is 5.73 Å². The first-order chi connectivity index (χ1) is 14.6. The Kier molecular flexibility index (Phi) is 5.87. The molecule has 1 aromatic heterocycles. The highest BCUT2D eigenvalue weighted by Crippen LogP contribution is 2.30. The van der Waals surface area contributed by atoms with Gasteiger partial charge in [-0.3, -0.25) is 9.78 Å². The zero-order chi connectivity index (χ0) is 20.9. The van der Waals surface area contributed by atoms with E-state index >= 15 is 0 Å². The number of benzene rings is 3. The molecule has 2 N–H and O–H groups in total. The Labute approximate surface area is 176 Å². The van der Waals surface area contributed by atoms with Gasteiger partial charge in [0.15, 0.2) is 0 Å². The lowest BCUT2D eigenvalue weighted by Gasteiger charge is -2.11. The standard InChI is InChI=1S/C26H24N2O2/c1-18-13-25-24(16-21(18)17-27)26(11-12-28-25)30-23-9-7-20(8-10-23)15-22(29)14-19-5-3-2-4-6-19/h2-13,16H,14-15,17,27H2,1H3. The van der Waals surface area contributed by atoms with Crippen LogP contribution in [0.3, 0.4) is 0 Å². The first-order valence-corrected chi connectivity index (χ1v) is 10.0. The number of fused-ring (bicyclic) bond motifs is 1. The molecule has 0 unspecified atom stereocenters. The fraction of sp³-hybridized carbons (Fsp3) is 0.154. The summed E-state index contributed by atoms with van der Waals surface area (Å²) in [5, 5.41) is 0.936. The molecule has 0 bridgehead atoms. The van der Waals surface area contributed by atoms with Crippen molar-refractivity contribution >= 4 is 16.7 Å². The summed E-state index contributed by atoms with van der Waals surface area (Å²) >= 11 is 0. The minimum atomic E-state index is 0.194. The molecule has 1 heterocycles. The highest BCUT2D eigenvalue weighted by molar-refractivity contribution is 5.86. The van der Waals surface area contributed by atoms with E-state index in [4.69, 9.17) is 10.5 Å². The van der Waals surface area contributed by atoms with E-state index < -0.39 is 0 Å². The molecular formula is C26H24N2O2. The van der Waals surface area contributed by atoms with Crippen LogP contribution in [0.25, 0.3) is 10.9 Å². The summed E-state index contributed by atoms with van der Waals surface area (Å²) < 4.78 is 6.12. The highest BCUT2D eigenvalue weighted by Gasteiger charge is 2.09. The Morgan fingerprint density at radius 3 is 2.33 bits per heavy atom. The van der Waals surface area contributed by atoms with Crippen LogP contribution in [-0.4, -0.2) is 10.8 Å². The van der Waals surface area contributed by atoms with E-state index in [1.807, 2.05) is 79.7 Å². The number of carbonyl (C=O) groups excluding carboxylic acids is 1. The molecule has 30 heavy (non-hydrogen) atoms. The molecule has 0 radical (unpaired) electrons. The predicted octanol–water partition coefficient (Wildman–Crippen LogP) is 5.15. The van der Waals surface area contributed by atoms with Crippen molar-refractivity contribution in [2.45, 2.75) is 26.3 Å². The molecule has 4 aromatic rings. The fourth-order valence-electron chi connectivity index (χ4n) is 3.54. The third kappa shape index (κ3) is 4.56. The maximum Gasteiger partial charge on any atom is 0.141 e. The van der Waals surface area contributed by atoms with Gasteiger partial charge in [0.1, 0.15) is 17.3 Å². The van der Waals surface area contributed by atoms with Gasteiger partial charge in [0.25, 0.3) is 0 Å². The van der Waals surface area contributed by atoms with Gasteiger partial charge in [-0.15, -0.1) is 0 Å². The number of ketones is 1. The van der Waals surface area contributed by atoms with Gasteiger partial charge in [-0.2, -0.15) is 0 Å². The number of pyridine rings is 1. The Morgan fingerprint density at radius 2 is 1.63 bits per heavy atom. The van der Waals surface area contributed by atoms with Gasteiger partial charge in [0.05, 0.1) is 5.52 Å². The Morgan fingerprint density at radius 1 is 0.933 bits per heavy atom. The number of nitrogens with zero attached hydrogens (tertiary/aromatic N) is 1. The summed E-state index contributed by atoms with van der Waals surface area (Å²) in [6.45, 7) is 2.51. The van der Waals surface area contributed by atoms with E-state index in [1.165, 1.54) is 0 Å². The van der Waals surface area contributed by atoms with Crippen LogP contribution in [-0.2, 0) is 24.2 Å². The second kappa shape index (κ2) is 8.89. The molecule has 0 spiro atoms. The highest BCUT2D eigenvalue weighted by atomic mass is 16.5. The molecule has 0 saturated carbocycles. The monoisotopic (exact) mass is 396 g/mol. The number of aryl methyl sites for hydroxylation is 1. The van der Waals surface area contributed by atoms with Crippen molar-refractivity contribution in [1.29, 1.82) is 0 Å². The van der Waals surface area contributed by atoms with E-state index in [-0.39, 0.29) is 5.78 Å². The number of Topliss-reactive ketones (excluding diaryl/α,β-unsaturated/α-hetero) is 1. The van der Waals surface area contributed by atoms with E-state index in [0.29, 0.717) is 19.4 Å². The SMILES string of the molecule is Cc1cc2nccc(Oc3ccc(CC(=O)Cc4ccccc4)cc3)c2cc1CN. The zero-order valence-electron chi connectivity index (χ0n) is 17.0. The predicted molar refractivity (Wildman–Crippen MR) is 120 cm³/mol. The number of hydrogen-bond acceptors (Lipinski definition) is 4. The number of nitrogens with two attached hydrogens (primary N) is 1. The summed E-state index contributed by atoms with van der Waals surface area (Å²) in [5.74, 6) is 1.65. The van der Waals surface area contributed by atoms with Gasteiger partial charge >= 0.3 is 0 Å². The van der Waals surface area contributed by atoms with Crippen molar-refractivity contribution in [2.75, 3.05) is 0 Å². The number of carbonyl (C=O) groups is 1. The van der Waals surface area contributed by atoms with Crippen LogP contribution in [0.1, 0.15) is 22.3 Å². The van der Waals surface area contributed by atoms with E-state index in [2.05, 4.69) is 4.98 Å². The van der Waals surface area contributed by atoms with E-state index in [9.17, 15) is 4.79 Å². The van der Waals surface area contributed by atoms with E-state index in [0.717, 1.165) is 44.7 Å². The second-order valence-corrected chi connectivity index (χ2v) is 7.43. The molecular weight excluding hydrogens is 372 g/mol. The van der Waals surface area contributed by atoms with Crippen molar-refractivity contribution in [1.82, 2.24) is 4.98 Å². The third-order valence-corrected chi connectivity index (χ3v) is 5.18. The second-order valence-electron chi connectivity index (χ2n) is 7.43. The topological polar surface area (TPSA) is 65.2 Å². The molecule has 0 fully saturated rings. The Bertz CT molecular complexity index is 1170. The molecule has 4 nitrogen and oxygen atoms in total. The van der Waals surface area contributed by atoms with Crippen LogP contribution in [0.15, 0.2) is 79.0 Å². The first kappa shape index (κ1) is 19.8. The van der Waals surface area contributed by atoms with Crippen LogP contribution in [0.4, 0.5) is 0 Å². The van der Waals surface area contributed by atoms with Crippen molar-refractivity contribution in [3.8, 4) is 11.5 Å². The van der Waals surface area contributed by atoms with E-state index in [1.54, 1.807) is 6.20 Å². The summed E-state index contributed by atoms with van der Waals surface area (Å²) in [4.78, 5) is 16.8. The average Bonchev–Trinajstić information content (AvgIpc) is 2.75. The summed E-state index contributed by atoms with van der Waals surface area (Å²) in [6, 6.07) is 23.4. The maximum absolute atomic E-state index is 12.3. The van der Waals surface area contributed by atoms with Gasteiger partial charge in [-0.1, -0.05) is 42.5 Å². The van der Waals surface area contributed by atoms with Crippen LogP contribution in [0.2, 0.25) is 0 Å². The Hall–Kier alpha value is -3.50. The summed E-state index contributed by atoms with van der Waals surface area (Å²) in [6.07, 6.45) is 2.60. The molecule has 3 aromatic carbocycles. The molecule has 0 amide bonds.